The van der Waals surface area contributed by atoms with E-state index >= 15 is 0 Å². The van der Waals surface area contributed by atoms with Gasteiger partial charge < -0.3 is 19.9 Å². The highest BCUT2D eigenvalue weighted by Crippen LogP contribution is 2.30. The Morgan fingerprint density at radius 3 is 2.65 bits per heavy atom. The fourth-order valence-electron chi connectivity index (χ4n) is 3.67. The minimum absolute atomic E-state index is 0.138. The van der Waals surface area contributed by atoms with Gasteiger partial charge in [0.15, 0.2) is 0 Å². The quantitative estimate of drug-likeness (QED) is 0.866. The molecule has 3 atom stereocenters. The number of ether oxygens (including phenoxy) is 1. The first-order chi connectivity index (χ1) is 10.6. The Kier molecular flexibility index (Phi) is 5.62. The molecule has 23 heavy (non-hydrogen) atoms. The molecule has 0 spiro atoms. The van der Waals surface area contributed by atoms with Crippen LogP contribution in [0.1, 0.15) is 53.9 Å². The molecule has 5 heteroatoms. The molecule has 2 aliphatic rings. The van der Waals surface area contributed by atoms with E-state index in [9.17, 15) is 4.79 Å². The Morgan fingerprint density at radius 1 is 1.39 bits per heavy atom. The molecule has 2 fully saturated rings. The molecule has 3 unspecified atom stereocenters. The van der Waals surface area contributed by atoms with Crippen LogP contribution in [0.2, 0.25) is 0 Å². The van der Waals surface area contributed by atoms with Crippen molar-refractivity contribution in [3.8, 4) is 0 Å². The van der Waals surface area contributed by atoms with Crippen LogP contribution < -0.4 is 5.32 Å². The predicted octanol–water partition coefficient (Wildman–Crippen LogP) is 2.71. The average Bonchev–Trinajstić information content (AvgIpc) is 2.74. The number of hydrogen-bond acceptors (Lipinski definition) is 4. The smallest absolute Gasteiger partial charge is 0.410 e. The lowest BCUT2D eigenvalue weighted by atomic mass is 9.81. The first-order valence-electron chi connectivity index (χ1n) is 9.00. The number of likely N-dealkylation sites (tertiary alicyclic amines) is 2. The molecule has 0 saturated carbocycles. The highest BCUT2D eigenvalue weighted by molar-refractivity contribution is 5.68. The van der Waals surface area contributed by atoms with E-state index in [-0.39, 0.29) is 11.5 Å². The van der Waals surface area contributed by atoms with E-state index in [4.69, 9.17) is 4.74 Å². The lowest BCUT2D eigenvalue weighted by Gasteiger charge is -2.41. The third-order valence-corrected chi connectivity index (χ3v) is 5.14. The molecule has 5 nitrogen and oxygen atoms in total. The highest BCUT2D eigenvalue weighted by Gasteiger charge is 2.36. The molecular formula is C18H35N3O2. The number of hydrogen-bond donors (Lipinski definition) is 1. The van der Waals surface area contributed by atoms with Crippen molar-refractivity contribution in [2.45, 2.75) is 71.6 Å². The van der Waals surface area contributed by atoms with Crippen molar-refractivity contribution >= 4 is 6.09 Å². The molecule has 0 aromatic rings. The topological polar surface area (TPSA) is 44.8 Å². The predicted molar refractivity (Wildman–Crippen MR) is 93.6 cm³/mol. The van der Waals surface area contributed by atoms with Gasteiger partial charge in [0.2, 0.25) is 0 Å². The van der Waals surface area contributed by atoms with Gasteiger partial charge in [-0.05, 0) is 59.4 Å². The third kappa shape index (κ3) is 5.35. The summed E-state index contributed by atoms with van der Waals surface area (Å²) in [6, 6.07) is 1.23. The summed E-state index contributed by atoms with van der Waals surface area (Å²) in [4.78, 5) is 16.6. The number of amides is 1. The summed E-state index contributed by atoms with van der Waals surface area (Å²) in [5, 5.41) is 3.74. The van der Waals surface area contributed by atoms with Crippen LogP contribution in [-0.2, 0) is 4.74 Å². The summed E-state index contributed by atoms with van der Waals surface area (Å²) in [5.41, 5.74) is -0.284. The van der Waals surface area contributed by atoms with Crippen LogP contribution in [0.5, 0.6) is 0 Å². The summed E-state index contributed by atoms with van der Waals surface area (Å²) in [6.07, 6.45) is 3.26. The normalized spacial score (nSPS) is 33.0. The van der Waals surface area contributed by atoms with Crippen LogP contribution in [0.25, 0.3) is 0 Å². The maximum Gasteiger partial charge on any atom is 0.410 e. The highest BCUT2D eigenvalue weighted by atomic mass is 16.6. The van der Waals surface area contributed by atoms with Gasteiger partial charge in [-0.15, -0.1) is 0 Å². The van der Waals surface area contributed by atoms with E-state index in [1.807, 2.05) is 25.7 Å². The molecule has 2 aliphatic heterocycles. The SMILES string of the molecule is CC1CC(NCC2(C)CCCN(C(=O)OC(C)(C)C)C2)CN1C. The summed E-state index contributed by atoms with van der Waals surface area (Å²) in [7, 11) is 2.19. The molecule has 0 aliphatic carbocycles. The fourth-order valence-corrected chi connectivity index (χ4v) is 3.67. The zero-order chi connectivity index (χ0) is 17.3. The standard InChI is InChI=1S/C18H35N3O2/c1-14-10-15(11-20(14)6)19-12-18(5)8-7-9-21(13-18)16(22)23-17(2,3)4/h14-15,19H,7-13H2,1-6H3. The molecule has 0 aromatic heterocycles. The number of nitrogens with zero attached hydrogens (tertiary/aromatic N) is 2. The van der Waals surface area contributed by atoms with Crippen LogP contribution in [0.3, 0.4) is 0 Å². The van der Waals surface area contributed by atoms with Gasteiger partial charge in [0.1, 0.15) is 5.60 Å². The van der Waals surface area contributed by atoms with Gasteiger partial charge in [-0.25, -0.2) is 4.79 Å². The van der Waals surface area contributed by atoms with E-state index in [0.29, 0.717) is 12.1 Å². The Labute approximate surface area is 141 Å². The number of rotatable bonds is 3. The average molecular weight is 325 g/mol. The van der Waals surface area contributed by atoms with Crippen LogP contribution in [-0.4, -0.2) is 66.8 Å². The first-order valence-corrected chi connectivity index (χ1v) is 9.00. The van der Waals surface area contributed by atoms with Gasteiger partial charge in [-0.3, -0.25) is 0 Å². The van der Waals surface area contributed by atoms with Gasteiger partial charge in [0, 0.05) is 38.3 Å². The molecule has 2 saturated heterocycles. The monoisotopic (exact) mass is 325 g/mol. The zero-order valence-electron chi connectivity index (χ0n) is 15.8. The Bertz CT molecular complexity index is 411. The molecule has 0 aromatic carbocycles. The molecule has 0 radical (unpaired) electrons. The number of piperidine rings is 1. The van der Waals surface area contributed by atoms with Gasteiger partial charge >= 0.3 is 6.09 Å². The first kappa shape index (κ1) is 18.5. The van der Waals surface area contributed by atoms with E-state index in [1.165, 1.54) is 6.42 Å². The van der Waals surface area contributed by atoms with Crippen molar-refractivity contribution in [2.24, 2.45) is 5.41 Å². The van der Waals surface area contributed by atoms with Gasteiger partial charge in [-0.1, -0.05) is 6.92 Å². The van der Waals surface area contributed by atoms with E-state index in [2.05, 4.69) is 31.1 Å². The third-order valence-electron chi connectivity index (χ3n) is 5.14. The summed E-state index contributed by atoms with van der Waals surface area (Å²) >= 11 is 0. The minimum atomic E-state index is -0.423. The minimum Gasteiger partial charge on any atom is -0.444 e. The van der Waals surface area contributed by atoms with Gasteiger partial charge in [0.05, 0.1) is 0 Å². The van der Waals surface area contributed by atoms with Gasteiger partial charge in [0.25, 0.3) is 0 Å². The Balaban J connectivity index is 1.85. The van der Waals surface area contributed by atoms with Crippen LogP contribution >= 0.6 is 0 Å². The molecule has 2 rings (SSSR count). The summed E-state index contributed by atoms with van der Waals surface area (Å²) in [5.74, 6) is 0. The number of likely N-dealkylation sites (N-methyl/N-ethyl adjacent to an activating group) is 1. The van der Waals surface area contributed by atoms with E-state index < -0.39 is 5.60 Å². The Hall–Kier alpha value is -0.810. The van der Waals surface area contributed by atoms with Crippen molar-refractivity contribution in [2.75, 3.05) is 33.2 Å². The van der Waals surface area contributed by atoms with Crippen LogP contribution in [0, 0.1) is 5.41 Å². The maximum atomic E-state index is 12.3. The van der Waals surface area contributed by atoms with Crippen molar-refractivity contribution in [3.63, 3.8) is 0 Å². The summed E-state index contributed by atoms with van der Waals surface area (Å²) in [6.45, 7) is 14.0. The van der Waals surface area contributed by atoms with Crippen molar-refractivity contribution < 1.29 is 9.53 Å². The summed E-state index contributed by atoms with van der Waals surface area (Å²) < 4.78 is 5.54. The second kappa shape index (κ2) is 6.98. The lowest BCUT2D eigenvalue weighted by molar-refractivity contribution is 0.00651. The molecule has 2 heterocycles. The van der Waals surface area contributed by atoms with Crippen LogP contribution in [0.15, 0.2) is 0 Å². The molecule has 0 bridgehead atoms. The van der Waals surface area contributed by atoms with Crippen LogP contribution in [0.4, 0.5) is 4.79 Å². The van der Waals surface area contributed by atoms with E-state index in [1.54, 1.807) is 0 Å². The molecule has 1 N–H and O–H groups in total. The Morgan fingerprint density at radius 2 is 2.09 bits per heavy atom. The second-order valence-corrected chi connectivity index (χ2v) is 8.92. The largest absolute Gasteiger partial charge is 0.444 e. The fraction of sp³-hybridized carbons (Fsp3) is 0.944. The molecule has 134 valence electrons. The number of carbonyl (C=O) groups is 1. The second-order valence-electron chi connectivity index (χ2n) is 8.92. The number of nitrogens with one attached hydrogen (secondary N) is 1. The van der Waals surface area contributed by atoms with E-state index in [0.717, 1.165) is 39.0 Å². The van der Waals surface area contributed by atoms with Gasteiger partial charge in [-0.2, -0.15) is 0 Å². The maximum absolute atomic E-state index is 12.3. The zero-order valence-corrected chi connectivity index (χ0v) is 15.8. The molecular weight excluding hydrogens is 290 g/mol. The lowest BCUT2D eigenvalue weighted by Crippen LogP contribution is -2.51. The number of carbonyl (C=O) groups excluding carboxylic acids is 1. The van der Waals surface area contributed by atoms with Crippen molar-refractivity contribution in [1.82, 2.24) is 15.1 Å². The van der Waals surface area contributed by atoms with Crippen molar-refractivity contribution in [1.29, 1.82) is 0 Å². The molecule has 1 amide bonds. The van der Waals surface area contributed by atoms with Crippen molar-refractivity contribution in [3.05, 3.63) is 0 Å².